The summed E-state index contributed by atoms with van der Waals surface area (Å²) in [5.41, 5.74) is 5.71. The number of ether oxygens (including phenoxy) is 1. The van der Waals surface area contributed by atoms with Crippen molar-refractivity contribution in [2.24, 2.45) is 5.73 Å². The number of carbonyl (C=O) groups excluding carboxylic acids is 1. The molecule has 3 rings (SSSR count). The fraction of sp³-hybridized carbons (Fsp3) is 0.529. The Balaban J connectivity index is 1.62. The summed E-state index contributed by atoms with van der Waals surface area (Å²) in [7, 11) is -3.21. The quantitative estimate of drug-likeness (QED) is 0.399. The van der Waals surface area contributed by atoms with Crippen LogP contribution in [-0.4, -0.2) is 56.0 Å². The van der Waals surface area contributed by atoms with Crippen LogP contribution in [0.4, 0.5) is 10.1 Å². The van der Waals surface area contributed by atoms with E-state index in [-0.39, 0.29) is 29.7 Å². The van der Waals surface area contributed by atoms with Crippen LogP contribution < -0.4 is 10.6 Å². The Morgan fingerprint density at radius 1 is 1.26 bits per heavy atom. The van der Waals surface area contributed by atoms with Crippen LogP contribution in [0.3, 0.4) is 0 Å². The fourth-order valence-electron chi connectivity index (χ4n) is 3.05. The number of amidine groups is 1. The number of hydrogen-bond acceptors (Lipinski definition) is 6. The van der Waals surface area contributed by atoms with Crippen molar-refractivity contribution < 1.29 is 22.3 Å². The third-order valence-corrected chi connectivity index (χ3v) is 7.07. The first-order chi connectivity index (χ1) is 12.8. The predicted molar refractivity (Wildman–Crippen MR) is 98.5 cm³/mol. The summed E-state index contributed by atoms with van der Waals surface area (Å²) in [5.74, 6) is -1.49. The number of nitrogens with zero attached hydrogens (tertiary/aromatic N) is 2. The van der Waals surface area contributed by atoms with E-state index in [1.165, 1.54) is 10.4 Å². The van der Waals surface area contributed by atoms with Crippen LogP contribution in [0, 0.1) is 11.2 Å². The average Bonchev–Trinajstić information content (AvgIpc) is 3.46. The summed E-state index contributed by atoms with van der Waals surface area (Å²) in [6.45, 7) is 1.21. The van der Waals surface area contributed by atoms with E-state index < -0.39 is 21.8 Å². The predicted octanol–water partition coefficient (Wildman–Crippen LogP) is 0.809. The molecule has 1 aromatic rings. The molecule has 0 radical (unpaired) electrons. The van der Waals surface area contributed by atoms with Crippen molar-refractivity contribution in [1.82, 2.24) is 4.31 Å². The Bertz CT molecular complexity index is 833. The standard InChI is InChI=1S/C17H23FN4O4S/c18-17-12(11-26-16(23)10-15(19)20)2-1-3-14(17)21-6-8-22(9-7-21)27(24,25)13-4-5-13/h1-3,13H,4-11H2,(H3,19,20). The van der Waals surface area contributed by atoms with Crippen molar-refractivity contribution in [3.05, 3.63) is 29.6 Å². The zero-order chi connectivity index (χ0) is 19.6. The van der Waals surface area contributed by atoms with Crippen molar-refractivity contribution in [3.8, 4) is 0 Å². The van der Waals surface area contributed by atoms with Gasteiger partial charge in [-0.2, -0.15) is 4.31 Å². The van der Waals surface area contributed by atoms with Crippen LogP contribution in [0.5, 0.6) is 0 Å². The van der Waals surface area contributed by atoms with Gasteiger partial charge >= 0.3 is 5.97 Å². The van der Waals surface area contributed by atoms with Crippen LogP contribution in [-0.2, 0) is 26.2 Å². The van der Waals surface area contributed by atoms with E-state index in [1.54, 1.807) is 17.0 Å². The number of esters is 1. The summed E-state index contributed by atoms with van der Waals surface area (Å²) in [6.07, 6.45) is 1.11. The van der Waals surface area contributed by atoms with Gasteiger partial charge in [-0.1, -0.05) is 12.1 Å². The lowest BCUT2D eigenvalue weighted by Gasteiger charge is -2.35. The van der Waals surface area contributed by atoms with E-state index in [4.69, 9.17) is 15.9 Å². The Morgan fingerprint density at radius 3 is 2.52 bits per heavy atom. The van der Waals surface area contributed by atoms with Gasteiger partial charge in [0.15, 0.2) is 5.82 Å². The molecular formula is C17H23FN4O4S. The number of carbonyl (C=O) groups is 1. The Hall–Kier alpha value is -2.20. The van der Waals surface area contributed by atoms with E-state index in [1.807, 2.05) is 0 Å². The van der Waals surface area contributed by atoms with Gasteiger partial charge < -0.3 is 15.4 Å². The molecule has 1 aliphatic carbocycles. The van der Waals surface area contributed by atoms with Gasteiger partial charge in [0.25, 0.3) is 0 Å². The first-order valence-corrected chi connectivity index (χ1v) is 10.3. The van der Waals surface area contributed by atoms with Crippen LogP contribution in [0.15, 0.2) is 18.2 Å². The maximum absolute atomic E-state index is 14.8. The molecule has 1 aromatic carbocycles. The summed E-state index contributed by atoms with van der Waals surface area (Å²) in [6, 6.07) is 4.81. The highest BCUT2D eigenvalue weighted by atomic mass is 32.2. The molecule has 8 nitrogen and oxygen atoms in total. The number of halogens is 1. The number of benzene rings is 1. The Morgan fingerprint density at radius 2 is 1.93 bits per heavy atom. The van der Waals surface area contributed by atoms with Crippen LogP contribution in [0.1, 0.15) is 24.8 Å². The molecule has 0 spiro atoms. The van der Waals surface area contributed by atoms with E-state index in [9.17, 15) is 17.6 Å². The molecule has 10 heteroatoms. The van der Waals surface area contributed by atoms with Crippen molar-refractivity contribution in [2.75, 3.05) is 31.1 Å². The zero-order valence-corrected chi connectivity index (χ0v) is 15.7. The van der Waals surface area contributed by atoms with Gasteiger partial charge in [-0.25, -0.2) is 12.8 Å². The Kier molecular flexibility index (Phi) is 5.66. The molecule has 1 saturated heterocycles. The van der Waals surface area contributed by atoms with Crippen molar-refractivity contribution in [1.29, 1.82) is 5.41 Å². The molecule has 2 aliphatic rings. The number of nitrogens with two attached hydrogens (primary N) is 1. The van der Waals surface area contributed by atoms with Gasteiger partial charge in [0.05, 0.1) is 10.9 Å². The minimum absolute atomic E-state index is 0.220. The number of anilines is 1. The zero-order valence-electron chi connectivity index (χ0n) is 14.9. The van der Waals surface area contributed by atoms with E-state index in [0.717, 1.165) is 12.8 Å². The van der Waals surface area contributed by atoms with Crippen LogP contribution in [0.2, 0.25) is 0 Å². The molecule has 1 saturated carbocycles. The third-order valence-electron chi connectivity index (χ3n) is 4.67. The molecule has 0 unspecified atom stereocenters. The summed E-state index contributed by atoms with van der Waals surface area (Å²) >= 11 is 0. The van der Waals surface area contributed by atoms with Crippen molar-refractivity contribution in [2.45, 2.75) is 31.1 Å². The molecule has 0 aromatic heterocycles. The summed E-state index contributed by atoms with van der Waals surface area (Å²) < 4.78 is 45.8. The summed E-state index contributed by atoms with van der Waals surface area (Å²) in [5, 5.41) is 6.82. The average molecular weight is 398 g/mol. The van der Waals surface area contributed by atoms with E-state index >= 15 is 0 Å². The maximum atomic E-state index is 14.8. The molecule has 148 valence electrons. The largest absolute Gasteiger partial charge is 0.460 e. The topological polar surface area (TPSA) is 117 Å². The van der Waals surface area contributed by atoms with Gasteiger partial charge in [0, 0.05) is 31.7 Å². The first kappa shape index (κ1) is 19.6. The highest BCUT2D eigenvalue weighted by Gasteiger charge is 2.41. The van der Waals surface area contributed by atoms with Gasteiger partial charge in [-0.05, 0) is 18.9 Å². The van der Waals surface area contributed by atoms with E-state index in [2.05, 4.69) is 0 Å². The number of sulfonamides is 1. The molecule has 1 aliphatic heterocycles. The normalized spacial score (nSPS) is 18.3. The minimum Gasteiger partial charge on any atom is -0.460 e. The molecule has 0 amide bonds. The van der Waals surface area contributed by atoms with Gasteiger partial charge in [-0.15, -0.1) is 0 Å². The van der Waals surface area contributed by atoms with Crippen LogP contribution >= 0.6 is 0 Å². The smallest absolute Gasteiger partial charge is 0.313 e. The second-order valence-electron chi connectivity index (χ2n) is 6.74. The van der Waals surface area contributed by atoms with Crippen molar-refractivity contribution in [3.63, 3.8) is 0 Å². The molecule has 2 fully saturated rings. The molecule has 3 N–H and O–H groups in total. The third kappa shape index (κ3) is 4.56. The first-order valence-electron chi connectivity index (χ1n) is 8.79. The highest BCUT2D eigenvalue weighted by molar-refractivity contribution is 7.90. The van der Waals surface area contributed by atoms with Gasteiger partial charge in [-0.3, -0.25) is 10.2 Å². The molecule has 1 heterocycles. The summed E-state index contributed by atoms with van der Waals surface area (Å²) in [4.78, 5) is 13.3. The SMILES string of the molecule is N=C(N)CC(=O)OCc1cccc(N2CCN(S(=O)(=O)C3CC3)CC2)c1F. The van der Waals surface area contributed by atoms with Crippen LogP contribution in [0.25, 0.3) is 0 Å². The van der Waals surface area contributed by atoms with Gasteiger partial charge in [0.1, 0.15) is 18.9 Å². The lowest BCUT2D eigenvalue weighted by Crippen LogP contribution is -2.49. The lowest BCUT2D eigenvalue weighted by atomic mass is 10.1. The highest BCUT2D eigenvalue weighted by Crippen LogP contribution is 2.32. The van der Waals surface area contributed by atoms with Crippen molar-refractivity contribution >= 4 is 27.5 Å². The monoisotopic (exact) mass is 398 g/mol. The lowest BCUT2D eigenvalue weighted by molar-refractivity contribution is -0.143. The molecule has 27 heavy (non-hydrogen) atoms. The number of piperazine rings is 1. The number of nitrogens with one attached hydrogen (secondary N) is 1. The fourth-order valence-corrected chi connectivity index (χ4v) is 4.87. The maximum Gasteiger partial charge on any atom is 0.313 e. The number of hydrogen-bond donors (Lipinski definition) is 2. The van der Waals surface area contributed by atoms with Gasteiger partial charge in [0.2, 0.25) is 10.0 Å². The number of rotatable bonds is 7. The molecule has 0 bridgehead atoms. The van der Waals surface area contributed by atoms with E-state index in [0.29, 0.717) is 31.9 Å². The molecular weight excluding hydrogens is 375 g/mol. The Labute approximate surface area is 157 Å². The molecule has 0 atom stereocenters. The minimum atomic E-state index is -3.21. The second-order valence-corrected chi connectivity index (χ2v) is 8.96. The second kappa shape index (κ2) is 7.81.